The molecule has 0 radical (unpaired) electrons. The Bertz CT molecular complexity index is 686. The zero-order valence-corrected chi connectivity index (χ0v) is 16.0. The van der Waals surface area contributed by atoms with Crippen LogP contribution >= 0.6 is 15.9 Å². The molecule has 0 amide bonds. The average Bonchev–Trinajstić information content (AvgIpc) is 2.64. The number of halogens is 1. The summed E-state index contributed by atoms with van der Waals surface area (Å²) in [6.45, 7) is 2.94. The van der Waals surface area contributed by atoms with E-state index in [0.29, 0.717) is 4.83 Å². The summed E-state index contributed by atoms with van der Waals surface area (Å²) in [7, 11) is 0. The van der Waals surface area contributed by atoms with Crippen molar-refractivity contribution >= 4 is 15.9 Å². The molecule has 2 heteroatoms. The van der Waals surface area contributed by atoms with Crippen LogP contribution in [0.3, 0.4) is 0 Å². The Morgan fingerprint density at radius 2 is 1.00 bits per heavy atom. The van der Waals surface area contributed by atoms with Crippen LogP contribution in [0, 0.1) is 0 Å². The fourth-order valence-electron chi connectivity index (χ4n) is 3.08. The van der Waals surface area contributed by atoms with Crippen LogP contribution in [0.4, 0.5) is 0 Å². The third kappa shape index (κ3) is 6.15. The van der Waals surface area contributed by atoms with Gasteiger partial charge in [0.05, 0.1) is 0 Å². The van der Waals surface area contributed by atoms with Gasteiger partial charge in [0, 0.05) is 24.5 Å². The van der Waals surface area contributed by atoms with E-state index in [0.717, 1.165) is 26.1 Å². The third-order valence-electron chi connectivity index (χ3n) is 4.25. The molecule has 0 saturated carbocycles. The lowest BCUT2D eigenvalue weighted by Crippen LogP contribution is -2.30. The molecule has 3 aromatic rings. The highest BCUT2D eigenvalue weighted by atomic mass is 79.9. The van der Waals surface area contributed by atoms with Gasteiger partial charge in [0.1, 0.15) is 0 Å². The molecule has 0 bridgehead atoms. The second-order valence-electron chi connectivity index (χ2n) is 6.43. The van der Waals surface area contributed by atoms with E-state index in [-0.39, 0.29) is 0 Å². The number of rotatable bonds is 8. The van der Waals surface area contributed by atoms with Crippen LogP contribution in [-0.4, -0.2) is 16.3 Å². The third-order valence-corrected chi connectivity index (χ3v) is 4.87. The van der Waals surface area contributed by atoms with Crippen LogP contribution in [-0.2, 0) is 19.5 Å². The van der Waals surface area contributed by atoms with Gasteiger partial charge >= 0.3 is 0 Å². The minimum atomic E-state index is 0.433. The minimum Gasteiger partial charge on any atom is -0.294 e. The van der Waals surface area contributed by atoms with Gasteiger partial charge in [-0.05, 0) is 23.1 Å². The van der Waals surface area contributed by atoms with E-state index in [4.69, 9.17) is 0 Å². The largest absolute Gasteiger partial charge is 0.294 e. The molecule has 25 heavy (non-hydrogen) atoms. The van der Waals surface area contributed by atoms with Gasteiger partial charge in [0.2, 0.25) is 0 Å². The fraction of sp³-hybridized carbons (Fsp3) is 0.217. The van der Waals surface area contributed by atoms with Crippen molar-refractivity contribution in [1.29, 1.82) is 0 Å². The van der Waals surface area contributed by atoms with Gasteiger partial charge in [-0.3, -0.25) is 4.90 Å². The first-order valence-corrected chi connectivity index (χ1v) is 9.69. The van der Waals surface area contributed by atoms with Crippen molar-refractivity contribution in [1.82, 2.24) is 4.90 Å². The van der Waals surface area contributed by atoms with Crippen LogP contribution in [0.15, 0.2) is 91.0 Å². The molecule has 0 saturated heterocycles. The smallest absolute Gasteiger partial charge is 0.0313 e. The molecule has 128 valence electrons. The maximum Gasteiger partial charge on any atom is 0.0313 e. The van der Waals surface area contributed by atoms with Gasteiger partial charge in [-0.15, -0.1) is 0 Å². The summed E-state index contributed by atoms with van der Waals surface area (Å²) in [5, 5.41) is 0. The maximum absolute atomic E-state index is 3.90. The predicted molar refractivity (Wildman–Crippen MR) is 110 cm³/mol. The van der Waals surface area contributed by atoms with Crippen molar-refractivity contribution in [3.8, 4) is 0 Å². The van der Waals surface area contributed by atoms with E-state index in [9.17, 15) is 0 Å². The van der Waals surface area contributed by atoms with Crippen LogP contribution in [0.1, 0.15) is 16.7 Å². The number of hydrogen-bond donors (Lipinski definition) is 0. The monoisotopic (exact) mass is 393 g/mol. The Morgan fingerprint density at radius 1 is 0.600 bits per heavy atom. The van der Waals surface area contributed by atoms with Crippen LogP contribution in [0.25, 0.3) is 0 Å². The fourth-order valence-corrected chi connectivity index (χ4v) is 3.87. The van der Waals surface area contributed by atoms with Gasteiger partial charge < -0.3 is 0 Å². The molecule has 0 N–H and O–H groups in total. The Hall–Kier alpha value is -1.90. The molecule has 1 atom stereocenters. The molecule has 3 rings (SSSR count). The van der Waals surface area contributed by atoms with Crippen molar-refractivity contribution in [3.63, 3.8) is 0 Å². The second-order valence-corrected chi connectivity index (χ2v) is 7.72. The molecular weight excluding hydrogens is 370 g/mol. The van der Waals surface area contributed by atoms with Gasteiger partial charge in [-0.1, -0.05) is 107 Å². The molecule has 0 heterocycles. The lowest BCUT2D eigenvalue weighted by molar-refractivity contribution is 0.258. The maximum atomic E-state index is 3.90. The number of nitrogens with zero attached hydrogens (tertiary/aromatic N) is 1. The van der Waals surface area contributed by atoms with Gasteiger partial charge in [-0.25, -0.2) is 0 Å². The summed E-state index contributed by atoms with van der Waals surface area (Å²) in [6, 6.07) is 32.1. The lowest BCUT2D eigenvalue weighted by Gasteiger charge is -2.25. The van der Waals surface area contributed by atoms with Gasteiger partial charge in [0.25, 0.3) is 0 Å². The van der Waals surface area contributed by atoms with Crippen molar-refractivity contribution in [2.75, 3.05) is 6.54 Å². The summed E-state index contributed by atoms with van der Waals surface area (Å²) in [4.78, 5) is 2.95. The van der Waals surface area contributed by atoms with E-state index in [2.05, 4.69) is 112 Å². The van der Waals surface area contributed by atoms with Crippen LogP contribution in [0.5, 0.6) is 0 Å². The first-order chi connectivity index (χ1) is 12.3. The predicted octanol–water partition coefficient (Wildman–Crippen LogP) is 5.70. The summed E-state index contributed by atoms with van der Waals surface area (Å²) in [5.41, 5.74) is 4.10. The highest BCUT2D eigenvalue weighted by Crippen LogP contribution is 2.16. The quantitative estimate of drug-likeness (QED) is 0.444. The first kappa shape index (κ1) is 17.9. The van der Waals surface area contributed by atoms with E-state index < -0.39 is 0 Å². The molecule has 0 aliphatic carbocycles. The minimum absolute atomic E-state index is 0.433. The van der Waals surface area contributed by atoms with Crippen LogP contribution < -0.4 is 0 Å². The zero-order chi connectivity index (χ0) is 17.3. The number of hydrogen-bond acceptors (Lipinski definition) is 1. The highest BCUT2D eigenvalue weighted by molar-refractivity contribution is 9.09. The molecule has 1 nitrogen and oxygen atoms in total. The van der Waals surface area contributed by atoms with E-state index in [1.807, 2.05) is 0 Å². The Balaban J connectivity index is 1.66. The second kappa shape index (κ2) is 9.55. The molecule has 0 spiro atoms. The number of benzene rings is 3. The van der Waals surface area contributed by atoms with Gasteiger partial charge in [-0.2, -0.15) is 0 Å². The normalized spacial score (nSPS) is 12.2. The lowest BCUT2D eigenvalue weighted by atomic mass is 10.1. The summed E-state index contributed by atoms with van der Waals surface area (Å²) < 4.78 is 0. The van der Waals surface area contributed by atoms with Gasteiger partial charge in [0.15, 0.2) is 0 Å². The zero-order valence-electron chi connectivity index (χ0n) is 14.4. The molecule has 0 aliphatic rings. The molecular formula is C23H24BrN. The Morgan fingerprint density at radius 3 is 1.44 bits per heavy atom. The number of alkyl halides is 1. The molecule has 0 aliphatic heterocycles. The van der Waals surface area contributed by atoms with Crippen molar-refractivity contribution in [3.05, 3.63) is 108 Å². The van der Waals surface area contributed by atoms with Crippen LogP contribution in [0.2, 0.25) is 0 Å². The molecule has 0 fully saturated rings. The first-order valence-electron chi connectivity index (χ1n) is 8.78. The molecule has 0 aromatic heterocycles. The topological polar surface area (TPSA) is 3.24 Å². The molecule has 0 unspecified atom stereocenters. The molecule has 3 aromatic carbocycles. The highest BCUT2D eigenvalue weighted by Gasteiger charge is 2.13. The van der Waals surface area contributed by atoms with Crippen molar-refractivity contribution < 1.29 is 0 Å². The summed E-state index contributed by atoms with van der Waals surface area (Å²) >= 11 is 3.90. The average molecular weight is 394 g/mol. The van der Waals surface area contributed by atoms with Crippen molar-refractivity contribution in [2.24, 2.45) is 0 Å². The van der Waals surface area contributed by atoms with E-state index in [1.54, 1.807) is 0 Å². The van der Waals surface area contributed by atoms with Crippen molar-refractivity contribution in [2.45, 2.75) is 24.3 Å². The van der Waals surface area contributed by atoms with E-state index in [1.165, 1.54) is 16.7 Å². The standard InChI is InChI=1S/C23H24BrN/c24-23(16-20-10-4-1-5-11-20)19-25(17-21-12-6-2-7-13-21)18-22-14-8-3-9-15-22/h1-15,23H,16-19H2/t23-/m1/s1. The SMILES string of the molecule is Br[C@H](Cc1ccccc1)CN(Cc1ccccc1)Cc1ccccc1. The summed E-state index contributed by atoms with van der Waals surface area (Å²) in [5.74, 6) is 0. The Kier molecular flexibility index (Phi) is 6.84. The summed E-state index contributed by atoms with van der Waals surface area (Å²) in [6.07, 6.45) is 1.04. The van der Waals surface area contributed by atoms with E-state index >= 15 is 0 Å². The Labute approximate surface area is 159 Å².